The number of hydrogen-bond acceptors (Lipinski definition) is 4. The number of anilines is 1. The fourth-order valence-corrected chi connectivity index (χ4v) is 3.04. The zero-order valence-electron chi connectivity index (χ0n) is 15.4. The summed E-state index contributed by atoms with van der Waals surface area (Å²) in [6, 6.07) is 10.4. The molecule has 29 heavy (non-hydrogen) atoms. The number of nitrogens with two attached hydrogens (primary N) is 1. The molecule has 1 unspecified atom stereocenters. The molecule has 1 fully saturated rings. The van der Waals surface area contributed by atoms with Crippen molar-refractivity contribution in [1.82, 2.24) is 0 Å². The van der Waals surface area contributed by atoms with Gasteiger partial charge in [0, 0.05) is 18.9 Å². The minimum Gasteiger partial charge on any atom is -0.457 e. The van der Waals surface area contributed by atoms with Crippen molar-refractivity contribution >= 4 is 24.0 Å². The largest absolute Gasteiger partial charge is 0.457 e. The van der Waals surface area contributed by atoms with Crippen LogP contribution in [0.25, 0.3) is 0 Å². The molecule has 0 saturated carbocycles. The third-order valence-electron chi connectivity index (χ3n) is 4.62. The first-order valence-corrected chi connectivity index (χ1v) is 8.93. The second-order valence-electron chi connectivity index (χ2n) is 6.59. The second kappa shape index (κ2) is 9.96. The maximum atomic E-state index is 13.0. The predicted octanol–water partition coefficient (Wildman–Crippen LogP) is 4.61. The number of carbonyl (C=O) groups is 1. The summed E-state index contributed by atoms with van der Waals surface area (Å²) in [4.78, 5) is 12.3. The Bertz CT molecular complexity index is 809. The molecule has 1 heterocycles. The molecule has 0 bridgehead atoms. The first-order chi connectivity index (χ1) is 13.3. The fourth-order valence-electron chi connectivity index (χ4n) is 3.04. The standard InChI is InChI=1S/C20H21F3N2O3.ClH/c21-20(22,23)16-3-1-2-4-17(16)28-15-7-5-14(6-8-15)25-19(26)18(24)13-9-11-27-12-10-13;/h1-8,13,18H,9-12,24H2,(H,25,26);1H. The first-order valence-electron chi connectivity index (χ1n) is 8.93. The number of amides is 1. The zero-order chi connectivity index (χ0) is 20.1. The van der Waals surface area contributed by atoms with Crippen LogP contribution in [0.4, 0.5) is 18.9 Å². The fraction of sp³-hybridized carbons (Fsp3) is 0.350. The lowest BCUT2D eigenvalue weighted by Crippen LogP contribution is -2.43. The monoisotopic (exact) mass is 430 g/mol. The highest BCUT2D eigenvalue weighted by molar-refractivity contribution is 5.94. The lowest BCUT2D eigenvalue weighted by atomic mass is 9.92. The van der Waals surface area contributed by atoms with Crippen molar-refractivity contribution in [3.8, 4) is 11.5 Å². The minimum atomic E-state index is -4.51. The van der Waals surface area contributed by atoms with Crippen LogP contribution in [0.1, 0.15) is 18.4 Å². The van der Waals surface area contributed by atoms with Gasteiger partial charge in [-0.15, -0.1) is 12.4 Å². The molecule has 2 aromatic carbocycles. The molecule has 1 aliphatic rings. The Hall–Kier alpha value is -2.29. The summed E-state index contributed by atoms with van der Waals surface area (Å²) in [5.41, 5.74) is 5.67. The van der Waals surface area contributed by atoms with Crippen LogP contribution < -0.4 is 15.8 Å². The van der Waals surface area contributed by atoms with Gasteiger partial charge in [0.15, 0.2) is 0 Å². The summed E-state index contributed by atoms with van der Waals surface area (Å²) in [5.74, 6) is -0.296. The second-order valence-corrected chi connectivity index (χ2v) is 6.59. The molecule has 0 aliphatic carbocycles. The first kappa shape index (κ1) is 23.0. The average Bonchev–Trinajstić information content (AvgIpc) is 2.69. The molecule has 3 rings (SSSR count). The van der Waals surface area contributed by atoms with Crippen molar-refractivity contribution < 1.29 is 27.4 Å². The highest BCUT2D eigenvalue weighted by Gasteiger charge is 2.34. The smallest absolute Gasteiger partial charge is 0.419 e. The van der Waals surface area contributed by atoms with Gasteiger partial charge in [0.1, 0.15) is 11.5 Å². The molecule has 158 valence electrons. The normalized spacial score (nSPS) is 15.9. The van der Waals surface area contributed by atoms with Gasteiger partial charge in [-0.2, -0.15) is 13.2 Å². The van der Waals surface area contributed by atoms with Crippen LogP contribution in [0.5, 0.6) is 11.5 Å². The molecule has 2 aromatic rings. The number of hydrogen-bond donors (Lipinski definition) is 2. The van der Waals surface area contributed by atoms with Gasteiger partial charge in [-0.05, 0) is 55.2 Å². The molecular formula is C20H22ClF3N2O3. The summed E-state index contributed by atoms with van der Waals surface area (Å²) < 4.78 is 49.8. The van der Waals surface area contributed by atoms with Gasteiger partial charge in [-0.25, -0.2) is 0 Å². The number of para-hydroxylation sites is 1. The van der Waals surface area contributed by atoms with Crippen LogP contribution >= 0.6 is 12.4 Å². The molecule has 1 saturated heterocycles. The Labute approximate surface area is 172 Å². The van der Waals surface area contributed by atoms with E-state index in [0.29, 0.717) is 18.9 Å². The summed E-state index contributed by atoms with van der Waals surface area (Å²) in [6.07, 6.45) is -3.04. The van der Waals surface area contributed by atoms with Crippen LogP contribution in [0.3, 0.4) is 0 Å². The molecule has 0 spiro atoms. The van der Waals surface area contributed by atoms with E-state index in [0.717, 1.165) is 18.9 Å². The van der Waals surface area contributed by atoms with E-state index >= 15 is 0 Å². The SMILES string of the molecule is Cl.NC(C(=O)Nc1ccc(Oc2ccccc2C(F)(F)F)cc1)C1CCOCC1. The number of benzene rings is 2. The molecule has 3 N–H and O–H groups in total. The zero-order valence-corrected chi connectivity index (χ0v) is 16.3. The molecule has 0 aromatic heterocycles. The quantitative estimate of drug-likeness (QED) is 0.726. The average molecular weight is 431 g/mol. The van der Waals surface area contributed by atoms with Crippen molar-refractivity contribution in [2.24, 2.45) is 11.7 Å². The summed E-state index contributed by atoms with van der Waals surface area (Å²) in [6.45, 7) is 1.19. The van der Waals surface area contributed by atoms with Crippen molar-refractivity contribution in [3.63, 3.8) is 0 Å². The Balaban J connectivity index is 0.00000300. The molecule has 1 amide bonds. The molecule has 1 aliphatic heterocycles. The van der Waals surface area contributed by atoms with E-state index in [1.165, 1.54) is 30.3 Å². The van der Waals surface area contributed by atoms with Gasteiger partial charge in [0.2, 0.25) is 5.91 Å². The number of nitrogens with one attached hydrogen (secondary N) is 1. The maximum absolute atomic E-state index is 13.0. The van der Waals surface area contributed by atoms with Gasteiger partial charge in [0.05, 0.1) is 11.6 Å². The van der Waals surface area contributed by atoms with Crippen LogP contribution in [0, 0.1) is 5.92 Å². The molecule has 9 heteroatoms. The van der Waals surface area contributed by atoms with Gasteiger partial charge in [0.25, 0.3) is 0 Å². The molecular weight excluding hydrogens is 409 g/mol. The van der Waals surface area contributed by atoms with Gasteiger partial charge in [-0.1, -0.05) is 12.1 Å². The predicted molar refractivity (Wildman–Crippen MR) is 105 cm³/mol. The summed E-state index contributed by atoms with van der Waals surface area (Å²) in [7, 11) is 0. The molecule has 5 nitrogen and oxygen atoms in total. The van der Waals surface area contributed by atoms with E-state index in [2.05, 4.69) is 5.32 Å². The van der Waals surface area contributed by atoms with E-state index in [1.54, 1.807) is 12.1 Å². The van der Waals surface area contributed by atoms with Gasteiger partial charge in [-0.3, -0.25) is 4.79 Å². The lowest BCUT2D eigenvalue weighted by Gasteiger charge is -2.26. The Kier molecular flexibility index (Phi) is 7.89. The van der Waals surface area contributed by atoms with Gasteiger partial charge >= 0.3 is 6.18 Å². The highest BCUT2D eigenvalue weighted by Crippen LogP contribution is 2.38. The highest BCUT2D eigenvalue weighted by atomic mass is 35.5. The van der Waals surface area contributed by atoms with Crippen LogP contribution in [0.2, 0.25) is 0 Å². The summed E-state index contributed by atoms with van der Waals surface area (Å²) >= 11 is 0. The van der Waals surface area contributed by atoms with Crippen molar-refractivity contribution in [3.05, 3.63) is 54.1 Å². The Morgan fingerprint density at radius 2 is 1.72 bits per heavy atom. The van der Waals surface area contributed by atoms with Gasteiger partial charge < -0.3 is 20.5 Å². The van der Waals surface area contributed by atoms with Crippen molar-refractivity contribution in [2.45, 2.75) is 25.1 Å². The number of halogens is 4. The van der Waals surface area contributed by atoms with Crippen LogP contribution in [0.15, 0.2) is 48.5 Å². The number of carbonyl (C=O) groups excluding carboxylic acids is 1. The number of alkyl halides is 3. The maximum Gasteiger partial charge on any atom is 0.419 e. The van der Waals surface area contributed by atoms with E-state index < -0.39 is 17.8 Å². The minimum absolute atomic E-state index is 0. The Morgan fingerprint density at radius 1 is 1.10 bits per heavy atom. The van der Waals surface area contributed by atoms with Crippen molar-refractivity contribution in [2.75, 3.05) is 18.5 Å². The van der Waals surface area contributed by atoms with E-state index in [1.807, 2.05) is 0 Å². The third-order valence-corrected chi connectivity index (χ3v) is 4.62. The Morgan fingerprint density at radius 3 is 2.34 bits per heavy atom. The number of rotatable bonds is 5. The van der Waals surface area contributed by atoms with E-state index in [4.69, 9.17) is 15.2 Å². The van der Waals surface area contributed by atoms with E-state index in [-0.39, 0.29) is 35.7 Å². The third kappa shape index (κ3) is 6.09. The van der Waals surface area contributed by atoms with Crippen molar-refractivity contribution in [1.29, 1.82) is 0 Å². The molecule has 1 atom stereocenters. The topological polar surface area (TPSA) is 73.6 Å². The lowest BCUT2D eigenvalue weighted by molar-refractivity contribution is -0.138. The van der Waals surface area contributed by atoms with Crippen LogP contribution in [-0.4, -0.2) is 25.2 Å². The summed E-state index contributed by atoms with van der Waals surface area (Å²) in [5, 5.41) is 2.73. The molecule has 0 radical (unpaired) electrons. The van der Waals surface area contributed by atoms with Crippen LogP contribution in [-0.2, 0) is 15.7 Å². The number of ether oxygens (including phenoxy) is 2. The van der Waals surface area contributed by atoms with E-state index in [9.17, 15) is 18.0 Å².